The number of rotatable bonds is 1. The largest absolute Gasteiger partial charge is 0.346 e. The molecule has 0 amide bonds. The Kier molecular flexibility index (Phi) is 2.14. The topological polar surface area (TPSA) is 28.7 Å². The second-order valence-electron chi connectivity index (χ2n) is 3.70. The first-order valence-electron chi connectivity index (χ1n) is 5.14. The van der Waals surface area contributed by atoms with Crippen molar-refractivity contribution in [3.05, 3.63) is 54.4 Å². The van der Waals surface area contributed by atoms with Crippen LogP contribution in [0.25, 0.3) is 22.2 Å². The minimum absolute atomic E-state index is 0.247. The molecule has 0 saturated carbocycles. The van der Waals surface area contributed by atoms with Crippen molar-refractivity contribution in [1.29, 1.82) is 0 Å². The highest BCUT2D eigenvalue weighted by Crippen LogP contribution is 2.29. The van der Waals surface area contributed by atoms with Crippen LogP contribution in [0.4, 0.5) is 8.78 Å². The first-order valence-corrected chi connectivity index (χ1v) is 5.14. The van der Waals surface area contributed by atoms with E-state index in [4.69, 9.17) is 0 Å². The van der Waals surface area contributed by atoms with Gasteiger partial charge in [0.25, 0.3) is 0 Å². The van der Waals surface area contributed by atoms with Gasteiger partial charge in [0.1, 0.15) is 5.65 Å². The minimum atomic E-state index is -0.844. The molecule has 0 radical (unpaired) electrons. The van der Waals surface area contributed by atoms with Crippen LogP contribution in [0.1, 0.15) is 0 Å². The summed E-state index contributed by atoms with van der Waals surface area (Å²) in [6, 6.07) is 7.62. The number of fused-ring (bicyclic) bond motifs is 1. The van der Waals surface area contributed by atoms with Gasteiger partial charge in [-0.1, -0.05) is 12.1 Å². The number of halogens is 2. The maximum Gasteiger partial charge on any atom is 0.166 e. The Morgan fingerprint density at radius 1 is 1.00 bits per heavy atom. The molecule has 0 spiro atoms. The molecule has 3 rings (SSSR count). The first-order chi connectivity index (χ1) is 8.27. The van der Waals surface area contributed by atoms with Crippen molar-refractivity contribution < 1.29 is 8.78 Å². The number of H-pyrrole nitrogens is 1. The van der Waals surface area contributed by atoms with Crippen molar-refractivity contribution in [2.75, 3.05) is 0 Å². The highest BCUT2D eigenvalue weighted by atomic mass is 19.2. The average molecular weight is 230 g/mol. The number of aromatic nitrogens is 2. The van der Waals surface area contributed by atoms with E-state index in [0.717, 1.165) is 11.5 Å². The van der Waals surface area contributed by atoms with E-state index >= 15 is 0 Å². The Morgan fingerprint density at radius 3 is 2.76 bits per heavy atom. The van der Waals surface area contributed by atoms with Crippen molar-refractivity contribution >= 4 is 11.0 Å². The smallest absolute Gasteiger partial charge is 0.166 e. The summed E-state index contributed by atoms with van der Waals surface area (Å²) in [5.41, 5.74) is 1.54. The monoisotopic (exact) mass is 230 g/mol. The van der Waals surface area contributed by atoms with Crippen LogP contribution in [0.15, 0.2) is 42.7 Å². The lowest BCUT2D eigenvalue weighted by Crippen LogP contribution is -1.90. The minimum Gasteiger partial charge on any atom is -0.346 e. The average Bonchev–Trinajstić information content (AvgIpc) is 2.81. The molecular weight excluding hydrogens is 222 g/mol. The molecule has 0 fully saturated rings. The maximum atomic E-state index is 13.7. The van der Waals surface area contributed by atoms with Gasteiger partial charge in [0.15, 0.2) is 11.6 Å². The summed E-state index contributed by atoms with van der Waals surface area (Å²) in [5, 5.41) is 0.775. The normalized spacial score (nSPS) is 10.9. The number of hydrogen-bond acceptors (Lipinski definition) is 1. The Labute approximate surface area is 95.9 Å². The fourth-order valence-corrected chi connectivity index (χ4v) is 1.91. The third-order valence-corrected chi connectivity index (χ3v) is 2.70. The van der Waals surface area contributed by atoms with Crippen LogP contribution in [-0.2, 0) is 0 Å². The zero-order valence-electron chi connectivity index (χ0n) is 8.74. The lowest BCUT2D eigenvalue weighted by Gasteiger charge is -2.05. The van der Waals surface area contributed by atoms with Gasteiger partial charge in [-0.25, -0.2) is 13.8 Å². The second-order valence-corrected chi connectivity index (χ2v) is 3.70. The highest BCUT2D eigenvalue weighted by molar-refractivity contribution is 5.92. The Hall–Kier alpha value is -2.23. The molecule has 1 aromatic carbocycles. The van der Waals surface area contributed by atoms with Crippen molar-refractivity contribution in [3.63, 3.8) is 0 Å². The lowest BCUT2D eigenvalue weighted by atomic mass is 10.0. The third-order valence-electron chi connectivity index (χ3n) is 2.70. The van der Waals surface area contributed by atoms with E-state index in [-0.39, 0.29) is 5.56 Å². The predicted molar refractivity (Wildman–Crippen MR) is 61.4 cm³/mol. The number of hydrogen-bond donors (Lipinski definition) is 1. The summed E-state index contributed by atoms with van der Waals surface area (Å²) < 4.78 is 26.9. The van der Waals surface area contributed by atoms with Crippen LogP contribution in [0.3, 0.4) is 0 Å². The molecular formula is C13H8F2N2. The molecule has 1 N–H and O–H groups in total. The molecule has 0 aliphatic rings. The van der Waals surface area contributed by atoms with Gasteiger partial charge in [-0.15, -0.1) is 0 Å². The molecule has 2 heterocycles. The van der Waals surface area contributed by atoms with E-state index in [2.05, 4.69) is 9.97 Å². The summed E-state index contributed by atoms with van der Waals surface area (Å²) >= 11 is 0. The molecule has 0 aliphatic carbocycles. The third kappa shape index (κ3) is 1.49. The molecule has 84 valence electrons. The van der Waals surface area contributed by atoms with E-state index < -0.39 is 11.6 Å². The fourth-order valence-electron chi connectivity index (χ4n) is 1.91. The molecule has 0 saturated heterocycles. The molecule has 2 aromatic heterocycles. The molecule has 3 aromatic rings. The highest BCUT2D eigenvalue weighted by Gasteiger charge is 2.12. The van der Waals surface area contributed by atoms with Crippen molar-refractivity contribution in [1.82, 2.24) is 9.97 Å². The van der Waals surface area contributed by atoms with Gasteiger partial charge in [0, 0.05) is 23.3 Å². The van der Waals surface area contributed by atoms with Crippen LogP contribution >= 0.6 is 0 Å². The summed E-state index contributed by atoms with van der Waals surface area (Å²) in [6.07, 6.45) is 3.29. The van der Waals surface area contributed by atoms with Gasteiger partial charge >= 0.3 is 0 Å². The van der Waals surface area contributed by atoms with Crippen LogP contribution < -0.4 is 0 Å². The van der Waals surface area contributed by atoms with E-state index in [1.165, 1.54) is 6.07 Å². The number of benzene rings is 1. The van der Waals surface area contributed by atoms with Gasteiger partial charge in [-0.05, 0) is 23.8 Å². The molecule has 4 heteroatoms. The Balaban J connectivity index is 2.34. The molecule has 17 heavy (non-hydrogen) atoms. The van der Waals surface area contributed by atoms with Gasteiger partial charge in [-0.2, -0.15) is 0 Å². The second kappa shape index (κ2) is 3.66. The number of nitrogens with zero attached hydrogens (tertiary/aromatic N) is 1. The zero-order chi connectivity index (χ0) is 11.8. The van der Waals surface area contributed by atoms with Crippen LogP contribution in [0, 0.1) is 11.6 Å². The van der Waals surface area contributed by atoms with E-state index in [9.17, 15) is 8.78 Å². The molecule has 2 nitrogen and oxygen atoms in total. The summed E-state index contributed by atoms with van der Waals surface area (Å²) in [7, 11) is 0. The van der Waals surface area contributed by atoms with Crippen molar-refractivity contribution in [2.24, 2.45) is 0 Å². The van der Waals surface area contributed by atoms with Gasteiger partial charge in [0.2, 0.25) is 0 Å². The van der Waals surface area contributed by atoms with Gasteiger partial charge in [0.05, 0.1) is 0 Å². The van der Waals surface area contributed by atoms with Gasteiger partial charge < -0.3 is 4.98 Å². The Morgan fingerprint density at radius 2 is 1.88 bits per heavy atom. The van der Waals surface area contributed by atoms with Crippen LogP contribution in [0.2, 0.25) is 0 Å². The number of pyridine rings is 1. The van der Waals surface area contributed by atoms with Crippen molar-refractivity contribution in [2.45, 2.75) is 0 Å². The quantitative estimate of drug-likeness (QED) is 0.680. The zero-order valence-corrected chi connectivity index (χ0v) is 8.74. The van der Waals surface area contributed by atoms with E-state index in [0.29, 0.717) is 11.2 Å². The summed E-state index contributed by atoms with van der Waals surface area (Å²) in [4.78, 5) is 7.04. The first kappa shape index (κ1) is 9.96. The van der Waals surface area contributed by atoms with Crippen LogP contribution in [0.5, 0.6) is 0 Å². The maximum absolute atomic E-state index is 13.7. The van der Waals surface area contributed by atoms with Crippen molar-refractivity contribution in [3.8, 4) is 11.1 Å². The van der Waals surface area contributed by atoms with E-state index in [1.807, 2.05) is 0 Å². The predicted octanol–water partition coefficient (Wildman–Crippen LogP) is 3.51. The SMILES string of the molecule is Fc1cccc(-c2ccnc3[nH]ccc23)c1F. The standard InChI is InChI=1S/C13H8F2N2/c14-11-3-1-2-9(12(11)15)8-4-6-16-13-10(8)5-7-17-13/h1-7H,(H,16,17). The lowest BCUT2D eigenvalue weighted by molar-refractivity contribution is 0.511. The summed E-state index contributed by atoms with van der Waals surface area (Å²) in [5.74, 6) is -1.68. The molecule has 0 bridgehead atoms. The molecule has 0 aliphatic heterocycles. The number of aromatic amines is 1. The molecule has 0 unspecified atom stereocenters. The van der Waals surface area contributed by atoms with Gasteiger partial charge in [-0.3, -0.25) is 0 Å². The fraction of sp³-hybridized carbons (Fsp3) is 0. The van der Waals surface area contributed by atoms with E-state index in [1.54, 1.807) is 30.6 Å². The Bertz CT molecular complexity index is 689. The summed E-state index contributed by atoms with van der Waals surface area (Å²) in [6.45, 7) is 0. The number of nitrogens with one attached hydrogen (secondary N) is 1. The van der Waals surface area contributed by atoms with Crippen LogP contribution in [-0.4, -0.2) is 9.97 Å². The molecule has 0 atom stereocenters.